The molecule has 4 nitrogen and oxygen atoms in total. The number of benzene rings is 1. The van der Waals surface area contributed by atoms with E-state index in [-0.39, 0.29) is 17.3 Å². The van der Waals surface area contributed by atoms with Crippen molar-refractivity contribution in [3.63, 3.8) is 0 Å². The van der Waals surface area contributed by atoms with Gasteiger partial charge in [-0.3, -0.25) is 0 Å². The SMILES string of the molecule is CC1=CCCC2=C(COC2=O)Cc2cc(O)ccc2OC(C)(C)CCC1. The summed E-state index contributed by atoms with van der Waals surface area (Å²) in [6.07, 6.45) is 7.39. The zero-order valence-electron chi connectivity index (χ0n) is 15.9. The van der Waals surface area contributed by atoms with E-state index in [0.29, 0.717) is 19.4 Å². The maximum Gasteiger partial charge on any atom is 0.334 e. The Labute approximate surface area is 155 Å². The maximum atomic E-state index is 12.1. The molecule has 4 heteroatoms. The van der Waals surface area contributed by atoms with Gasteiger partial charge < -0.3 is 14.6 Å². The third-order valence-electron chi connectivity index (χ3n) is 5.12. The van der Waals surface area contributed by atoms with Crippen molar-refractivity contribution in [2.24, 2.45) is 0 Å². The zero-order chi connectivity index (χ0) is 18.7. The van der Waals surface area contributed by atoms with Crippen LogP contribution in [0.1, 0.15) is 58.4 Å². The summed E-state index contributed by atoms with van der Waals surface area (Å²) < 4.78 is 11.6. The van der Waals surface area contributed by atoms with Crippen molar-refractivity contribution in [1.82, 2.24) is 0 Å². The minimum absolute atomic E-state index is 0.206. The highest BCUT2D eigenvalue weighted by Crippen LogP contribution is 2.33. The van der Waals surface area contributed by atoms with E-state index < -0.39 is 0 Å². The number of carbonyl (C=O) groups excluding carboxylic acids is 1. The Balaban J connectivity index is 1.98. The lowest BCUT2D eigenvalue weighted by molar-refractivity contribution is -0.136. The highest BCUT2D eigenvalue weighted by Gasteiger charge is 2.27. The average molecular weight is 356 g/mol. The number of phenolic OH excluding ortho intramolecular Hbond substituents is 1. The minimum atomic E-state index is -0.296. The van der Waals surface area contributed by atoms with Gasteiger partial charge in [-0.2, -0.15) is 0 Å². The Hall–Kier alpha value is -2.23. The van der Waals surface area contributed by atoms with Crippen LogP contribution in [0.5, 0.6) is 11.5 Å². The van der Waals surface area contributed by atoms with Crippen LogP contribution in [0.4, 0.5) is 0 Å². The van der Waals surface area contributed by atoms with Gasteiger partial charge in [-0.15, -0.1) is 0 Å². The van der Waals surface area contributed by atoms with Gasteiger partial charge in [-0.1, -0.05) is 11.6 Å². The van der Waals surface area contributed by atoms with Crippen LogP contribution in [0.3, 0.4) is 0 Å². The van der Waals surface area contributed by atoms with Crippen LogP contribution >= 0.6 is 0 Å². The lowest BCUT2D eigenvalue weighted by Gasteiger charge is -2.28. The predicted octanol–water partition coefficient (Wildman–Crippen LogP) is 4.86. The van der Waals surface area contributed by atoms with Gasteiger partial charge >= 0.3 is 5.97 Å². The number of rotatable bonds is 0. The molecule has 0 aliphatic carbocycles. The molecule has 0 radical (unpaired) electrons. The fourth-order valence-corrected chi connectivity index (χ4v) is 3.65. The first kappa shape index (κ1) is 18.6. The molecule has 0 saturated carbocycles. The van der Waals surface area contributed by atoms with Crippen LogP contribution in [0.25, 0.3) is 0 Å². The van der Waals surface area contributed by atoms with Crippen LogP contribution in [0, 0.1) is 0 Å². The molecule has 1 aromatic carbocycles. The number of carbonyl (C=O) groups is 1. The second kappa shape index (κ2) is 7.56. The molecule has 2 heterocycles. The van der Waals surface area contributed by atoms with Crippen molar-refractivity contribution < 1.29 is 19.4 Å². The molecular formula is C22H28O4. The molecule has 0 fully saturated rings. The Bertz CT molecular complexity index is 755. The molecule has 0 aromatic heterocycles. The highest BCUT2D eigenvalue weighted by atomic mass is 16.5. The number of esters is 1. The fraction of sp³-hybridized carbons (Fsp3) is 0.500. The molecule has 26 heavy (non-hydrogen) atoms. The Kier molecular flexibility index (Phi) is 5.40. The van der Waals surface area contributed by atoms with Crippen molar-refractivity contribution >= 4 is 5.97 Å². The number of cyclic esters (lactones) is 1. The van der Waals surface area contributed by atoms with E-state index in [4.69, 9.17) is 9.47 Å². The summed E-state index contributed by atoms with van der Waals surface area (Å²) in [6.45, 7) is 6.68. The van der Waals surface area contributed by atoms with Crippen LogP contribution < -0.4 is 4.74 Å². The monoisotopic (exact) mass is 356 g/mol. The molecule has 0 amide bonds. The quantitative estimate of drug-likeness (QED) is 0.533. The number of allylic oxidation sites excluding steroid dienone is 2. The van der Waals surface area contributed by atoms with Gasteiger partial charge in [0.1, 0.15) is 23.7 Å². The number of hydrogen-bond donors (Lipinski definition) is 1. The molecule has 3 rings (SSSR count). The molecule has 0 saturated heterocycles. The van der Waals surface area contributed by atoms with Gasteiger partial charge in [-0.05, 0) is 76.6 Å². The predicted molar refractivity (Wildman–Crippen MR) is 101 cm³/mol. The fourth-order valence-electron chi connectivity index (χ4n) is 3.65. The summed E-state index contributed by atoms with van der Waals surface area (Å²) >= 11 is 0. The second-order valence-corrected chi connectivity index (χ2v) is 7.93. The molecule has 2 aliphatic heterocycles. The van der Waals surface area contributed by atoms with E-state index in [2.05, 4.69) is 26.8 Å². The first-order valence-corrected chi connectivity index (χ1v) is 9.39. The molecule has 0 spiro atoms. The smallest absolute Gasteiger partial charge is 0.334 e. The first-order valence-electron chi connectivity index (χ1n) is 9.39. The van der Waals surface area contributed by atoms with E-state index in [1.165, 1.54) is 5.57 Å². The van der Waals surface area contributed by atoms with Gasteiger partial charge in [0.2, 0.25) is 0 Å². The van der Waals surface area contributed by atoms with Crippen LogP contribution in [-0.2, 0) is 16.0 Å². The molecule has 0 unspecified atom stereocenters. The van der Waals surface area contributed by atoms with Crippen molar-refractivity contribution in [2.75, 3.05) is 6.61 Å². The van der Waals surface area contributed by atoms with Gasteiger partial charge in [-0.25, -0.2) is 4.79 Å². The molecule has 1 aromatic rings. The molecule has 1 N–H and O–H groups in total. The summed E-state index contributed by atoms with van der Waals surface area (Å²) in [5.74, 6) is 0.765. The standard InChI is InChI=1S/C22H28O4/c1-15-6-4-8-19-17(14-25-21(19)24)12-16-13-18(23)9-10-20(16)26-22(2,3)11-5-7-15/h6,9-10,13,23H,4-5,7-8,11-12,14H2,1-3H3. The van der Waals surface area contributed by atoms with Gasteiger partial charge in [0.25, 0.3) is 0 Å². The summed E-state index contributed by atoms with van der Waals surface area (Å²) in [5, 5.41) is 9.93. The second-order valence-electron chi connectivity index (χ2n) is 7.93. The van der Waals surface area contributed by atoms with Gasteiger partial charge in [0.15, 0.2) is 0 Å². The molecule has 0 atom stereocenters. The molecule has 140 valence electrons. The van der Waals surface area contributed by atoms with Crippen LogP contribution in [0.15, 0.2) is 41.0 Å². The lowest BCUT2D eigenvalue weighted by atomic mass is 9.95. The van der Waals surface area contributed by atoms with E-state index in [1.54, 1.807) is 12.1 Å². The normalized spacial score (nSPS) is 21.0. The maximum absolute atomic E-state index is 12.1. The van der Waals surface area contributed by atoms with Crippen molar-refractivity contribution in [3.05, 3.63) is 46.6 Å². The Morgan fingerprint density at radius 2 is 2.00 bits per heavy atom. The van der Waals surface area contributed by atoms with Crippen LogP contribution in [0.2, 0.25) is 0 Å². The number of fused-ring (bicyclic) bond motifs is 1. The van der Waals surface area contributed by atoms with Crippen molar-refractivity contribution in [1.29, 1.82) is 0 Å². The summed E-state index contributed by atoms with van der Waals surface area (Å²) in [4.78, 5) is 12.1. The third kappa shape index (κ3) is 4.48. The Morgan fingerprint density at radius 3 is 2.81 bits per heavy atom. The summed E-state index contributed by atoms with van der Waals surface area (Å²) in [5.41, 5.74) is 3.73. The summed E-state index contributed by atoms with van der Waals surface area (Å²) in [7, 11) is 0. The average Bonchev–Trinajstić information content (AvgIpc) is 2.90. The number of ether oxygens (including phenoxy) is 2. The number of aromatic hydroxyl groups is 1. The molecule has 2 aliphatic rings. The van der Waals surface area contributed by atoms with Crippen LogP contribution in [-0.4, -0.2) is 23.3 Å². The molecule has 0 bridgehead atoms. The topological polar surface area (TPSA) is 55.8 Å². The van der Waals surface area contributed by atoms with E-state index in [1.807, 2.05) is 6.07 Å². The van der Waals surface area contributed by atoms with Gasteiger partial charge in [0, 0.05) is 17.6 Å². The van der Waals surface area contributed by atoms with Gasteiger partial charge in [0.05, 0.1) is 0 Å². The third-order valence-corrected chi connectivity index (χ3v) is 5.12. The largest absolute Gasteiger partial charge is 0.508 e. The minimum Gasteiger partial charge on any atom is -0.508 e. The lowest BCUT2D eigenvalue weighted by Crippen LogP contribution is -2.28. The Morgan fingerprint density at radius 1 is 1.19 bits per heavy atom. The van der Waals surface area contributed by atoms with E-state index in [0.717, 1.165) is 48.1 Å². The number of phenols is 1. The van der Waals surface area contributed by atoms with Crippen molar-refractivity contribution in [2.45, 2.75) is 64.9 Å². The first-order chi connectivity index (χ1) is 12.3. The zero-order valence-corrected chi connectivity index (χ0v) is 15.9. The van der Waals surface area contributed by atoms with E-state index in [9.17, 15) is 9.90 Å². The molecular weight excluding hydrogens is 328 g/mol. The highest BCUT2D eigenvalue weighted by molar-refractivity contribution is 5.91. The van der Waals surface area contributed by atoms with Crippen molar-refractivity contribution in [3.8, 4) is 11.5 Å². The number of hydrogen-bond acceptors (Lipinski definition) is 4. The van der Waals surface area contributed by atoms with E-state index >= 15 is 0 Å². The summed E-state index contributed by atoms with van der Waals surface area (Å²) in [6, 6.07) is 5.20.